The monoisotopic (exact) mass is 594 g/mol. The van der Waals surface area contributed by atoms with E-state index in [1.54, 1.807) is 97.1 Å². The van der Waals surface area contributed by atoms with Crippen molar-refractivity contribution in [1.29, 1.82) is 0 Å². The summed E-state index contributed by atoms with van der Waals surface area (Å²) in [6.07, 6.45) is -1.43. The zero-order chi connectivity index (χ0) is 31.5. The molecule has 0 spiro atoms. The number of ketones is 4. The Bertz CT molecular complexity index is 1500. The van der Waals surface area contributed by atoms with Gasteiger partial charge in [-0.3, -0.25) is 19.2 Å². The van der Waals surface area contributed by atoms with E-state index in [9.17, 15) is 24.0 Å². The van der Waals surface area contributed by atoms with Gasteiger partial charge in [-0.1, -0.05) is 48.5 Å². The summed E-state index contributed by atoms with van der Waals surface area (Å²) < 4.78 is 20.4. The molecule has 0 N–H and O–H groups in total. The van der Waals surface area contributed by atoms with E-state index in [2.05, 4.69) is 0 Å². The molecule has 0 atom stereocenters. The molecule has 9 nitrogen and oxygen atoms in total. The zero-order valence-electron chi connectivity index (χ0n) is 24.2. The quantitative estimate of drug-likeness (QED) is 0.0918. The summed E-state index contributed by atoms with van der Waals surface area (Å²) in [7, 11) is 3.06. The summed E-state index contributed by atoms with van der Waals surface area (Å²) in [4.78, 5) is 62.0. The van der Waals surface area contributed by atoms with Gasteiger partial charge < -0.3 is 18.9 Å². The van der Waals surface area contributed by atoms with Gasteiger partial charge in [-0.2, -0.15) is 0 Å². The molecule has 0 heterocycles. The summed E-state index contributed by atoms with van der Waals surface area (Å²) in [5, 5.41) is 0. The average molecular weight is 595 g/mol. The molecule has 0 amide bonds. The normalized spacial score (nSPS) is 10.4. The molecular formula is C35H30O9. The highest BCUT2D eigenvalue weighted by atomic mass is 16.7. The molecule has 0 aliphatic rings. The van der Waals surface area contributed by atoms with Crippen molar-refractivity contribution >= 4 is 29.3 Å². The second-order valence-electron chi connectivity index (χ2n) is 9.72. The van der Waals surface area contributed by atoms with Crippen LogP contribution in [0.25, 0.3) is 0 Å². The van der Waals surface area contributed by atoms with E-state index in [4.69, 9.17) is 18.9 Å². The number of rotatable bonds is 14. The second kappa shape index (κ2) is 15.1. The highest BCUT2D eigenvalue weighted by molar-refractivity contribution is 6.14. The average Bonchev–Trinajstić information content (AvgIpc) is 3.06. The Morgan fingerprint density at radius 2 is 0.705 bits per heavy atom. The lowest BCUT2D eigenvalue weighted by Crippen LogP contribution is -2.10. The number of benzene rings is 4. The third-order valence-electron chi connectivity index (χ3n) is 6.73. The van der Waals surface area contributed by atoms with E-state index in [1.807, 2.05) is 0 Å². The van der Waals surface area contributed by atoms with Gasteiger partial charge in [0.1, 0.15) is 24.7 Å². The molecule has 0 saturated carbocycles. The minimum Gasteiger partial charge on any atom is -0.497 e. The van der Waals surface area contributed by atoms with Gasteiger partial charge >= 0.3 is 6.16 Å². The van der Waals surface area contributed by atoms with Crippen LogP contribution in [0.5, 0.6) is 11.5 Å². The van der Waals surface area contributed by atoms with Crippen molar-refractivity contribution in [2.75, 3.05) is 14.2 Å². The van der Waals surface area contributed by atoms with E-state index in [0.717, 1.165) is 0 Å². The van der Waals surface area contributed by atoms with Crippen molar-refractivity contribution in [2.24, 2.45) is 0 Å². The predicted molar refractivity (Wildman–Crippen MR) is 160 cm³/mol. The predicted octanol–water partition coefficient (Wildman–Crippen LogP) is 6.47. The molecule has 9 heteroatoms. The van der Waals surface area contributed by atoms with Gasteiger partial charge in [0.15, 0.2) is 23.1 Å². The maximum absolute atomic E-state index is 12.5. The molecule has 0 aliphatic heterocycles. The lowest BCUT2D eigenvalue weighted by molar-refractivity contribution is 0.0445. The van der Waals surface area contributed by atoms with Crippen molar-refractivity contribution in [3.63, 3.8) is 0 Å². The molecule has 224 valence electrons. The number of hydrogen-bond donors (Lipinski definition) is 0. The molecule has 44 heavy (non-hydrogen) atoms. The molecule has 0 bridgehead atoms. The standard InChI is InChI=1S/C35H30O9/c1-41-29-15-11-27(12-16-29)33(38)19-31(36)25-7-3-23(4-8-25)21-43-35(40)44-22-24-5-9-26(10-6-24)32(37)20-34(39)28-13-17-30(42-2)18-14-28/h3-18H,19-22H2,1-2H3. The summed E-state index contributed by atoms with van der Waals surface area (Å²) in [5.41, 5.74) is 2.84. The van der Waals surface area contributed by atoms with Crippen LogP contribution in [0.15, 0.2) is 97.1 Å². The lowest BCUT2D eigenvalue weighted by atomic mass is 10.0. The van der Waals surface area contributed by atoms with Crippen molar-refractivity contribution in [3.8, 4) is 11.5 Å². The molecule has 0 unspecified atom stereocenters. The molecule has 4 rings (SSSR count). The number of hydrogen-bond acceptors (Lipinski definition) is 9. The Morgan fingerprint density at radius 3 is 0.977 bits per heavy atom. The smallest absolute Gasteiger partial charge is 0.497 e. The van der Waals surface area contributed by atoms with Crippen LogP contribution in [-0.4, -0.2) is 43.5 Å². The van der Waals surface area contributed by atoms with Crippen LogP contribution in [0.3, 0.4) is 0 Å². The molecule has 0 radical (unpaired) electrons. The van der Waals surface area contributed by atoms with Crippen molar-refractivity contribution in [2.45, 2.75) is 26.1 Å². The maximum Gasteiger partial charge on any atom is 0.508 e. The summed E-state index contributed by atoms with van der Waals surface area (Å²) >= 11 is 0. The first kappa shape index (κ1) is 31.4. The highest BCUT2D eigenvalue weighted by Gasteiger charge is 2.16. The minimum atomic E-state index is -0.888. The molecule has 0 aromatic heterocycles. The van der Waals surface area contributed by atoms with Gasteiger partial charge in [-0.25, -0.2) is 4.79 Å². The Balaban J connectivity index is 1.19. The van der Waals surface area contributed by atoms with Gasteiger partial charge in [0.05, 0.1) is 27.1 Å². The first-order chi connectivity index (χ1) is 21.2. The van der Waals surface area contributed by atoms with E-state index in [-0.39, 0.29) is 49.2 Å². The van der Waals surface area contributed by atoms with Crippen LogP contribution in [0.2, 0.25) is 0 Å². The fourth-order valence-corrected chi connectivity index (χ4v) is 4.15. The number of carbonyl (C=O) groups excluding carboxylic acids is 5. The fourth-order valence-electron chi connectivity index (χ4n) is 4.15. The summed E-state index contributed by atoms with van der Waals surface area (Å²) in [6.45, 7) is -0.151. The minimum absolute atomic E-state index is 0.0756. The van der Waals surface area contributed by atoms with Gasteiger partial charge in [0.2, 0.25) is 0 Å². The SMILES string of the molecule is COc1ccc(C(=O)CC(=O)c2ccc(COC(=O)OCc3ccc(C(=O)CC(=O)c4ccc(OC)cc4)cc3)cc2)cc1. The van der Waals surface area contributed by atoms with Gasteiger partial charge in [0, 0.05) is 22.3 Å². The van der Waals surface area contributed by atoms with E-state index in [0.29, 0.717) is 44.9 Å². The molecule has 4 aromatic carbocycles. The van der Waals surface area contributed by atoms with Crippen LogP contribution in [0.4, 0.5) is 4.79 Å². The van der Waals surface area contributed by atoms with E-state index in [1.165, 1.54) is 14.2 Å². The number of methoxy groups -OCH3 is 2. The van der Waals surface area contributed by atoms with Gasteiger partial charge in [-0.15, -0.1) is 0 Å². The number of Topliss-reactive ketones (excluding diaryl/α,β-unsaturated/α-hetero) is 4. The molecule has 0 fully saturated rings. The van der Waals surface area contributed by atoms with Crippen LogP contribution >= 0.6 is 0 Å². The Kier molecular flexibility index (Phi) is 10.7. The van der Waals surface area contributed by atoms with Crippen molar-refractivity contribution in [3.05, 3.63) is 130 Å². The Labute approximate surface area is 254 Å². The Morgan fingerprint density at radius 1 is 0.432 bits per heavy atom. The van der Waals surface area contributed by atoms with Crippen LogP contribution in [-0.2, 0) is 22.7 Å². The van der Waals surface area contributed by atoms with Crippen molar-refractivity contribution in [1.82, 2.24) is 0 Å². The van der Waals surface area contributed by atoms with Crippen LogP contribution in [0, 0.1) is 0 Å². The molecular weight excluding hydrogens is 564 g/mol. The zero-order valence-corrected chi connectivity index (χ0v) is 24.2. The summed E-state index contributed by atoms with van der Waals surface area (Å²) in [6, 6.07) is 25.9. The third-order valence-corrected chi connectivity index (χ3v) is 6.73. The summed E-state index contributed by atoms with van der Waals surface area (Å²) in [5.74, 6) is -0.00563. The van der Waals surface area contributed by atoms with E-state index < -0.39 is 6.16 Å². The molecule has 4 aromatic rings. The first-order valence-electron chi connectivity index (χ1n) is 13.6. The molecule has 0 saturated heterocycles. The first-order valence-corrected chi connectivity index (χ1v) is 13.6. The Hall–Kier alpha value is -5.57. The third kappa shape index (κ3) is 8.72. The van der Waals surface area contributed by atoms with Crippen LogP contribution in [0.1, 0.15) is 65.4 Å². The van der Waals surface area contributed by atoms with E-state index >= 15 is 0 Å². The fraction of sp³-hybridized carbons (Fsp3) is 0.171. The topological polar surface area (TPSA) is 122 Å². The van der Waals surface area contributed by atoms with Crippen molar-refractivity contribution < 1.29 is 42.9 Å². The van der Waals surface area contributed by atoms with Gasteiger partial charge in [0.25, 0.3) is 0 Å². The maximum atomic E-state index is 12.5. The lowest BCUT2D eigenvalue weighted by Gasteiger charge is -2.08. The van der Waals surface area contributed by atoms with Gasteiger partial charge in [-0.05, 0) is 59.7 Å². The number of carbonyl (C=O) groups is 5. The largest absolute Gasteiger partial charge is 0.508 e. The second-order valence-corrected chi connectivity index (χ2v) is 9.72. The number of ether oxygens (including phenoxy) is 4. The van der Waals surface area contributed by atoms with Crippen LogP contribution < -0.4 is 9.47 Å². The highest BCUT2D eigenvalue weighted by Crippen LogP contribution is 2.17. The molecule has 0 aliphatic carbocycles.